The normalized spacial score (nSPS) is 10.8. The Morgan fingerprint density at radius 2 is 1.28 bits per heavy atom. The van der Waals surface area contributed by atoms with Crippen molar-refractivity contribution in [1.29, 1.82) is 0 Å². The maximum Gasteiger partial charge on any atom is 0.193 e. The van der Waals surface area contributed by atoms with Crippen molar-refractivity contribution in [2.24, 2.45) is 0 Å². The molecule has 1 heterocycles. The molecule has 0 amide bonds. The summed E-state index contributed by atoms with van der Waals surface area (Å²) in [5, 5.41) is 0.658. The third kappa shape index (κ3) is 3.98. The Bertz CT molecular complexity index is 1370. The zero-order chi connectivity index (χ0) is 21.9. The lowest BCUT2D eigenvalue weighted by Gasteiger charge is -2.05. The van der Waals surface area contributed by atoms with E-state index in [0.29, 0.717) is 16.1 Å². The number of ketones is 1. The largest absolute Gasteiger partial charge is 0.337 e. The molecule has 0 spiro atoms. The molecule has 154 valence electrons. The van der Waals surface area contributed by atoms with E-state index in [9.17, 15) is 4.79 Å². The van der Waals surface area contributed by atoms with Gasteiger partial charge in [-0.2, -0.15) is 0 Å². The van der Waals surface area contributed by atoms with Gasteiger partial charge in [-0.1, -0.05) is 109 Å². The van der Waals surface area contributed by atoms with E-state index in [1.165, 1.54) is 0 Å². The van der Waals surface area contributed by atoms with E-state index in [0.717, 1.165) is 33.9 Å². The summed E-state index contributed by atoms with van der Waals surface area (Å²) in [6.45, 7) is 0. The van der Waals surface area contributed by atoms with Gasteiger partial charge in [0.2, 0.25) is 0 Å². The third-order valence-electron chi connectivity index (χ3n) is 5.32. The number of nitrogens with zero attached hydrogens (tertiary/aromatic N) is 1. The fourth-order valence-electron chi connectivity index (χ4n) is 3.70. The summed E-state index contributed by atoms with van der Waals surface area (Å²) in [6.07, 6.45) is 0. The molecule has 0 aliphatic heterocycles. The van der Waals surface area contributed by atoms with Crippen molar-refractivity contribution in [2.75, 3.05) is 0 Å². The van der Waals surface area contributed by atoms with E-state index in [2.05, 4.69) is 4.98 Å². The first-order valence-electron chi connectivity index (χ1n) is 10.3. The quantitative estimate of drug-likeness (QED) is 0.295. The lowest BCUT2D eigenvalue weighted by atomic mass is 10.00. The van der Waals surface area contributed by atoms with Crippen molar-refractivity contribution in [3.8, 4) is 33.9 Å². The van der Waals surface area contributed by atoms with Gasteiger partial charge >= 0.3 is 0 Å². The molecule has 0 bridgehead atoms. The summed E-state index contributed by atoms with van der Waals surface area (Å²) in [4.78, 5) is 21.1. The van der Waals surface area contributed by atoms with Crippen LogP contribution in [0.25, 0.3) is 33.9 Å². The van der Waals surface area contributed by atoms with Crippen LogP contribution in [0.3, 0.4) is 0 Å². The highest BCUT2D eigenvalue weighted by molar-refractivity contribution is 6.30. The minimum absolute atomic E-state index is 0.00431. The van der Waals surface area contributed by atoms with Gasteiger partial charge in [-0.25, -0.2) is 4.98 Å². The number of carbonyl (C=O) groups is 1. The molecule has 0 fully saturated rings. The number of H-pyrrole nitrogens is 1. The molecule has 0 saturated heterocycles. The van der Waals surface area contributed by atoms with E-state index in [1.54, 1.807) is 0 Å². The van der Waals surface area contributed by atoms with E-state index in [-0.39, 0.29) is 5.78 Å². The number of imidazole rings is 1. The maximum absolute atomic E-state index is 12.8. The number of halogens is 1. The molecular formula is C28H19ClN2O. The second-order valence-corrected chi connectivity index (χ2v) is 7.89. The predicted octanol–water partition coefficient (Wildman–Crippen LogP) is 7.30. The minimum atomic E-state index is 0.00431. The highest BCUT2D eigenvalue weighted by Crippen LogP contribution is 2.33. The number of carbonyl (C=O) groups excluding carboxylic acids is 1. The first-order chi connectivity index (χ1) is 15.7. The summed E-state index contributed by atoms with van der Waals surface area (Å²) >= 11 is 6.20. The van der Waals surface area contributed by atoms with E-state index >= 15 is 0 Å². The standard InChI is InChI=1S/C28H19ClN2O/c29-24-13-7-12-23(18-24)28-30-25(19-8-3-1-4-9-19)26(31-28)20-14-16-22(17-15-20)27(32)21-10-5-2-6-11-21/h1-18H,(H,30,31). The smallest absolute Gasteiger partial charge is 0.193 e. The number of hydrogen-bond donors (Lipinski definition) is 1. The molecule has 0 unspecified atom stereocenters. The Hall–Kier alpha value is -3.95. The SMILES string of the molecule is O=C(c1ccccc1)c1ccc(-c2[nH]c(-c3cccc(Cl)c3)nc2-c2ccccc2)cc1. The Kier molecular flexibility index (Phi) is 5.40. The van der Waals surface area contributed by atoms with Crippen LogP contribution in [-0.4, -0.2) is 15.8 Å². The molecule has 5 aromatic rings. The van der Waals surface area contributed by atoms with Gasteiger partial charge in [-0.3, -0.25) is 4.79 Å². The van der Waals surface area contributed by atoms with Crippen LogP contribution in [0, 0.1) is 0 Å². The lowest BCUT2D eigenvalue weighted by molar-refractivity contribution is 0.103. The monoisotopic (exact) mass is 434 g/mol. The molecule has 0 aliphatic carbocycles. The molecule has 0 atom stereocenters. The van der Waals surface area contributed by atoms with Crippen molar-refractivity contribution in [2.45, 2.75) is 0 Å². The van der Waals surface area contributed by atoms with Gasteiger partial charge in [-0.05, 0) is 12.1 Å². The first-order valence-corrected chi connectivity index (χ1v) is 10.7. The first kappa shape index (κ1) is 20.0. The molecule has 1 N–H and O–H groups in total. The Balaban J connectivity index is 1.57. The van der Waals surface area contributed by atoms with Crippen molar-refractivity contribution in [3.05, 3.63) is 125 Å². The molecule has 3 nitrogen and oxygen atoms in total. The summed E-state index contributed by atoms with van der Waals surface area (Å²) in [5.41, 5.74) is 5.95. The molecule has 4 heteroatoms. The minimum Gasteiger partial charge on any atom is -0.337 e. The zero-order valence-electron chi connectivity index (χ0n) is 17.1. The molecule has 32 heavy (non-hydrogen) atoms. The maximum atomic E-state index is 12.8. The molecular weight excluding hydrogens is 416 g/mol. The summed E-state index contributed by atoms with van der Waals surface area (Å²) in [6, 6.07) is 34.6. The Labute approximate surface area is 191 Å². The highest BCUT2D eigenvalue weighted by Gasteiger charge is 2.16. The zero-order valence-corrected chi connectivity index (χ0v) is 17.9. The van der Waals surface area contributed by atoms with Gasteiger partial charge in [0.25, 0.3) is 0 Å². The number of nitrogens with one attached hydrogen (secondary N) is 1. The van der Waals surface area contributed by atoms with Gasteiger partial charge in [0.1, 0.15) is 5.82 Å². The molecule has 1 aromatic heterocycles. The summed E-state index contributed by atoms with van der Waals surface area (Å²) in [7, 11) is 0. The molecule has 0 radical (unpaired) electrons. The molecule has 5 rings (SSSR count). The fraction of sp³-hybridized carbons (Fsp3) is 0. The van der Waals surface area contributed by atoms with Crippen molar-refractivity contribution in [3.63, 3.8) is 0 Å². The Morgan fingerprint density at radius 1 is 0.656 bits per heavy atom. The highest BCUT2D eigenvalue weighted by atomic mass is 35.5. The van der Waals surface area contributed by atoms with Crippen LogP contribution in [-0.2, 0) is 0 Å². The Morgan fingerprint density at radius 3 is 1.97 bits per heavy atom. The van der Waals surface area contributed by atoms with Crippen LogP contribution in [0.4, 0.5) is 0 Å². The number of aromatic nitrogens is 2. The number of hydrogen-bond acceptors (Lipinski definition) is 2. The van der Waals surface area contributed by atoms with Gasteiger partial charge in [0.05, 0.1) is 11.4 Å². The van der Waals surface area contributed by atoms with E-state index in [1.807, 2.05) is 109 Å². The van der Waals surface area contributed by atoms with Crippen LogP contribution in [0.5, 0.6) is 0 Å². The molecule has 0 saturated carbocycles. The second kappa shape index (κ2) is 8.66. The van der Waals surface area contributed by atoms with E-state index in [4.69, 9.17) is 16.6 Å². The van der Waals surface area contributed by atoms with Gasteiger partial charge in [0, 0.05) is 32.8 Å². The van der Waals surface area contributed by atoms with Crippen LogP contribution in [0.15, 0.2) is 109 Å². The average Bonchev–Trinajstić information content (AvgIpc) is 3.30. The fourth-order valence-corrected chi connectivity index (χ4v) is 3.89. The summed E-state index contributed by atoms with van der Waals surface area (Å²) < 4.78 is 0. The van der Waals surface area contributed by atoms with Gasteiger partial charge in [-0.15, -0.1) is 0 Å². The van der Waals surface area contributed by atoms with Crippen LogP contribution in [0.1, 0.15) is 15.9 Å². The topological polar surface area (TPSA) is 45.8 Å². The van der Waals surface area contributed by atoms with Crippen LogP contribution >= 0.6 is 11.6 Å². The van der Waals surface area contributed by atoms with Crippen molar-refractivity contribution in [1.82, 2.24) is 9.97 Å². The lowest BCUT2D eigenvalue weighted by Crippen LogP contribution is -2.00. The van der Waals surface area contributed by atoms with Gasteiger partial charge < -0.3 is 4.98 Å². The van der Waals surface area contributed by atoms with Gasteiger partial charge in [0.15, 0.2) is 5.78 Å². The van der Waals surface area contributed by atoms with Crippen LogP contribution in [0.2, 0.25) is 5.02 Å². The number of rotatable bonds is 5. The van der Waals surface area contributed by atoms with Crippen LogP contribution < -0.4 is 0 Å². The molecule has 4 aromatic carbocycles. The average molecular weight is 435 g/mol. The van der Waals surface area contributed by atoms with E-state index < -0.39 is 0 Å². The van der Waals surface area contributed by atoms with Crippen molar-refractivity contribution >= 4 is 17.4 Å². The molecule has 0 aliphatic rings. The predicted molar refractivity (Wildman–Crippen MR) is 130 cm³/mol. The number of benzene rings is 4. The third-order valence-corrected chi connectivity index (χ3v) is 5.56. The second-order valence-electron chi connectivity index (χ2n) is 7.46. The summed E-state index contributed by atoms with van der Waals surface area (Å²) in [5.74, 6) is 0.746. The number of aromatic amines is 1. The van der Waals surface area contributed by atoms with Crippen molar-refractivity contribution < 1.29 is 4.79 Å².